The maximum Gasteiger partial charge on any atom is 0.285 e. The van der Waals surface area contributed by atoms with E-state index in [0.29, 0.717) is 24.7 Å². The molecule has 0 unspecified atom stereocenters. The lowest BCUT2D eigenvalue weighted by molar-refractivity contribution is -0.385. The molecule has 0 amide bonds. The highest BCUT2D eigenvalue weighted by atomic mass is 79.9. The average Bonchev–Trinajstić information content (AvgIpc) is 2.50. The third-order valence-corrected chi connectivity index (χ3v) is 3.97. The van der Waals surface area contributed by atoms with Crippen molar-refractivity contribution >= 4 is 21.6 Å². The van der Waals surface area contributed by atoms with Crippen molar-refractivity contribution in [3.05, 3.63) is 61.0 Å². The van der Waals surface area contributed by atoms with E-state index in [1.165, 1.54) is 22.9 Å². The lowest BCUT2D eigenvalue weighted by Gasteiger charge is -2.20. The number of benzene rings is 1. The summed E-state index contributed by atoms with van der Waals surface area (Å²) in [4.78, 5) is 22.2. The number of hydrogen-bond donors (Lipinski definition) is 0. The minimum atomic E-state index is -0.533. The van der Waals surface area contributed by atoms with E-state index in [9.17, 15) is 14.9 Å². The third kappa shape index (κ3) is 2.82. The number of ether oxygens (including phenoxy) is 2. The van der Waals surface area contributed by atoms with Crippen molar-refractivity contribution in [1.82, 2.24) is 4.57 Å². The Morgan fingerprint density at radius 3 is 2.59 bits per heavy atom. The number of nitro groups is 1. The van der Waals surface area contributed by atoms with Crippen molar-refractivity contribution in [2.45, 2.75) is 6.54 Å². The molecule has 1 aromatic carbocycles. The van der Waals surface area contributed by atoms with Crippen LogP contribution < -0.4 is 15.0 Å². The lowest BCUT2D eigenvalue weighted by Crippen LogP contribution is -2.20. The van der Waals surface area contributed by atoms with Gasteiger partial charge in [0.25, 0.3) is 11.2 Å². The number of halogens is 1. The van der Waals surface area contributed by atoms with Crippen LogP contribution in [0.25, 0.3) is 0 Å². The van der Waals surface area contributed by atoms with Gasteiger partial charge in [0.15, 0.2) is 11.5 Å². The maximum absolute atomic E-state index is 11.9. The Hall–Kier alpha value is -2.35. The van der Waals surface area contributed by atoms with Crippen LogP contribution in [0.4, 0.5) is 5.69 Å². The molecule has 0 saturated heterocycles. The van der Waals surface area contributed by atoms with Crippen molar-refractivity contribution in [2.75, 3.05) is 13.2 Å². The third-order valence-electron chi connectivity index (χ3n) is 3.23. The van der Waals surface area contributed by atoms with Gasteiger partial charge in [0, 0.05) is 16.6 Å². The van der Waals surface area contributed by atoms with E-state index in [1.54, 1.807) is 12.1 Å². The fraction of sp³-hybridized carbons (Fsp3) is 0.214. The van der Waals surface area contributed by atoms with Gasteiger partial charge >= 0.3 is 0 Å². The Morgan fingerprint density at radius 1 is 1.23 bits per heavy atom. The quantitative estimate of drug-likeness (QED) is 0.614. The minimum Gasteiger partial charge on any atom is -0.486 e. The van der Waals surface area contributed by atoms with E-state index in [-0.39, 0.29) is 17.8 Å². The van der Waals surface area contributed by atoms with Crippen LogP contribution >= 0.6 is 15.9 Å². The minimum absolute atomic E-state index is 0.131. The van der Waals surface area contributed by atoms with Crippen molar-refractivity contribution in [3.63, 3.8) is 0 Å². The predicted octanol–water partition coefficient (Wildman–Crippen LogP) is 2.34. The first kappa shape index (κ1) is 14.6. The van der Waals surface area contributed by atoms with Gasteiger partial charge in [-0.3, -0.25) is 14.9 Å². The number of aromatic nitrogens is 1. The zero-order valence-electron chi connectivity index (χ0n) is 11.3. The molecule has 8 heteroatoms. The van der Waals surface area contributed by atoms with Crippen molar-refractivity contribution < 1.29 is 14.4 Å². The predicted molar refractivity (Wildman–Crippen MR) is 81.6 cm³/mol. The molecule has 1 aliphatic heterocycles. The van der Waals surface area contributed by atoms with Gasteiger partial charge in [-0.15, -0.1) is 0 Å². The fourth-order valence-electron chi connectivity index (χ4n) is 2.16. The molecule has 2 aromatic rings. The Morgan fingerprint density at radius 2 is 1.91 bits per heavy atom. The second-order valence-corrected chi connectivity index (χ2v) is 5.55. The molecule has 7 nitrogen and oxygen atoms in total. The normalized spacial score (nSPS) is 13.0. The van der Waals surface area contributed by atoms with Gasteiger partial charge < -0.3 is 14.0 Å². The summed E-state index contributed by atoms with van der Waals surface area (Å²) in [6.07, 6.45) is 1.23. The SMILES string of the molecule is O=c1ccc([N+](=O)[O-])cn1Cc1cc2c(cc1Br)OCCO2. The molecule has 0 N–H and O–H groups in total. The summed E-state index contributed by atoms with van der Waals surface area (Å²) >= 11 is 3.42. The van der Waals surface area contributed by atoms with Gasteiger partial charge in [0.05, 0.1) is 17.7 Å². The van der Waals surface area contributed by atoms with Gasteiger partial charge in [0.2, 0.25) is 0 Å². The zero-order chi connectivity index (χ0) is 15.7. The van der Waals surface area contributed by atoms with Crippen LogP contribution in [0, 0.1) is 10.1 Å². The fourth-order valence-corrected chi connectivity index (χ4v) is 2.61. The molecule has 2 heterocycles. The smallest absolute Gasteiger partial charge is 0.285 e. The van der Waals surface area contributed by atoms with Crippen LogP contribution in [0.3, 0.4) is 0 Å². The summed E-state index contributed by atoms with van der Waals surface area (Å²) in [6, 6.07) is 5.91. The van der Waals surface area contributed by atoms with Gasteiger partial charge in [-0.2, -0.15) is 0 Å². The molecule has 3 rings (SSSR count). The first-order valence-electron chi connectivity index (χ1n) is 6.47. The number of pyridine rings is 1. The molecule has 22 heavy (non-hydrogen) atoms. The summed E-state index contributed by atoms with van der Waals surface area (Å²) in [7, 11) is 0. The second kappa shape index (κ2) is 5.80. The molecule has 0 fully saturated rings. The second-order valence-electron chi connectivity index (χ2n) is 4.70. The summed E-state index contributed by atoms with van der Waals surface area (Å²) < 4.78 is 13.0. The molecule has 0 spiro atoms. The molecule has 0 aliphatic carbocycles. The van der Waals surface area contributed by atoms with Crippen molar-refractivity contribution in [1.29, 1.82) is 0 Å². The number of hydrogen-bond acceptors (Lipinski definition) is 5. The van der Waals surface area contributed by atoms with Gasteiger partial charge in [-0.25, -0.2) is 0 Å². The number of rotatable bonds is 3. The molecule has 114 valence electrons. The lowest BCUT2D eigenvalue weighted by atomic mass is 10.2. The van der Waals surface area contributed by atoms with E-state index in [0.717, 1.165) is 10.0 Å². The van der Waals surface area contributed by atoms with Crippen molar-refractivity contribution in [3.8, 4) is 11.5 Å². The van der Waals surface area contributed by atoms with Crippen LogP contribution in [0.2, 0.25) is 0 Å². The Labute approximate surface area is 133 Å². The van der Waals surface area contributed by atoms with Gasteiger partial charge in [0.1, 0.15) is 13.2 Å². The summed E-state index contributed by atoms with van der Waals surface area (Å²) in [6.45, 7) is 1.14. The van der Waals surface area contributed by atoms with E-state index in [4.69, 9.17) is 9.47 Å². The highest BCUT2D eigenvalue weighted by Crippen LogP contribution is 2.35. The molecule has 1 aliphatic rings. The highest BCUT2D eigenvalue weighted by molar-refractivity contribution is 9.10. The molecular weight excluding hydrogens is 356 g/mol. The Bertz CT molecular complexity index is 802. The summed E-state index contributed by atoms with van der Waals surface area (Å²) in [5.41, 5.74) is 0.326. The highest BCUT2D eigenvalue weighted by Gasteiger charge is 2.16. The Kier molecular flexibility index (Phi) is 3.84. The van der Waals surface area contributed by atoms with Crippen LogP contribution in [-0.4, -0.2) is 22.7 Å². The van der Waals surface area contributed by atoms with E-state index >= 15 is 0 Å². The molecule has 0 bridgehead atoms. The summed E-state index contributed by atoms with van der Waals surface area (Å²) in [5.74, 6) is 1.23. The molecular formula is C14H11BrN2O5. The van der Waals surface area contributed by atoms with Gasteiger partial charge in [-0.1, -0.05) is 15.9 Å². The van der Waals surface area contributed by atoms with Crippen molar-refractivity contribution in [2.24, 2.45) is 0 Å². The molecule has 1 aromatic heterocycles. The van der Waals surface area contributed by atoms with E-state index in [1.807, 2.05) is 0 Å². The van der Waals surface area contributed by atoms with Crippen LogP contribution in [0.1, 0.15) is 5.56 Å². The molecule has 0 radical (unpaired) electrons. The standard InChI is InChI=1S/C14H11BrN2O5/c15-11-6-13-12(21-3-4-22-13)5-9(11)7-16-8-10(17(19)20)1-2-14(16)18/h1-2,5-6,8H,3-4,7H2. The molecule has 0 saturated carbocycles. The number of fused-ring (bicyclic) bond motifs is 1. The first-order chi connectivity index (χ1) is 10.5. The topological polar surface area (TPSA) is 83.6 Å². The average molecular weight is 367 g/mol. The number of nitrogens with zero attached hydrogens (tertiary/aromatic N) is 2. The maximum atomic E-state index is 11.9. The largest absolute Gasteiger partial charge is 0.486 e. The zero-order valence-corrected chi connectivity index (χ0v) is 12.9. The summed E-state index contributed by atoms with van der Waals surface area (Å²) in [5, 5.41) is 10.8. The molecule has 0 atom stereocenters. The Balaban J connectivity index is 1.98. The van der Waals surface area contributed by atoms with E-state index < -0.39 is 4.92 Å². The van der Waals surface area contributed by atoms with Crippen LogP contribution in [0.15, 0.2) is 39.7 Å². The van der Waals surface area contributed by atoms with Crippen LogP contribution in [-0.2, 0) is 6.54 Å². The first-order valence-corrected chi connectivity index (χ1v) is 7.27. The van der Waals surface area contributed by atoms with Gasteiger partial charge in [-0.05, 0) is 17.7 Å². The van der Waals surface area contributed by atoms with E-state index in [2.05, 4.69) is 15.9 Å². The van der Waals surface area contributed by atoms with Crippen LogP contribution in [0.5, 0.6) is 11.5 Å². The monoisotopic (exact) mass is 366 g/mol.